The first-order chi connectivity index (χ1) is 7.91. The van der Waals surface area contributed by atoms with Crippen LogP contribution in [0.5, 0.6) is 5.75 Å². The van der Waals surface area contributed by atoms with Gasteiger partial charge in [-0.2, -0.15) is 0 Å². The quantitative estimate of drug-likeness (QED) is 0.874. The molecule has 1 saturated carbocycles. The number of benzene rings is 1. The summed E-state index contributed by atoms with van der Waals surface area (Å²) < 4.78 is 5.28. The maximum atomic E-state index is 11.2. The van der Waals surface area contributed by atoms with E-state index in [1.807, 2.05) is 39.0 Å². The van der Waals surface area contributed by atoms with Crippen LogP contribution < -0.4 is 4.74 Å². The third-order valence-electron chi connectivity index (χ3n) is 3.97. The average Bonchev–Trinajstić information content (AvgIpc) is 2.82. The van der Waals surface area contributed by atoms with E-state index in [1.165, 1.54) is 0 Å². The van der Waals surface area contributed by atoms with Crippen molar-refractivity contribution in [1.82, 2.24) is 0 Å². The lowest BCUT2D eigenvalue weighted by atomic mass is 9.98. The van der Waals surface area contributed by atoms with Crippen molar-refractivity contribution in [2.24, 2.45) is 11.3 Å². The molecule has 0 unspecified atom stereocenters. The van der Waals surface area contributed by atoms with Crippen molar-refractivity contribution in [1.29, 1.82) is 0 Å². The van der Waals surface area contributed by atoms with Crippen LogP contribution >= 0.6 is 0 Å². The second-order valence-corrected chi connectivity index (χ2v) is 5.29. The first-order valence-electron chi connectivity index (χ1n) is 5.77. The number of hydrogen-bond donors (Lipinski definition) is 1. The van der Waals surface area contributed by atoms with Gasteiger partial charge in [0.25, 0.3) is 0 Å². The number of carboxylic acid groups (broad SMARTS) is 1. The van der Waals surface area contributed by atoms with Crippen LogP contribution in [-0.4, -0.2) is 18.2 Å². The Kier molecular flexibility index (Phi) is 2.64. The molecule has 0 radical (unpaired) electrons. The summed E-state index contributed by atoms with van der Waals surface area (Å²) in [6.45, 7) is 6.01. The molecular weight excluding hydrogens is 216 g/mol. The molecule has 1 aromatic rings. The minimum Gasteiger partial charge on any atom is -0.496 e. The first-order valence-corrected chi connectivity index (χ1v) is 5.77. The molecule has 17 heavy (non-hydrogen) atoms. The van der Waals surface area contributed by atoms with Crippen molar-refractivity contribution >= 4 is 5.97 Å². The fraction of sp³-hybridized carbons (Fsp3) is 0.500. The molecule has 1 aromatic carbocycles. The number of carboxylic acids is 1. The molecule has 1 fully saturated rings. The highest BCUT2D eigenvalue weighted by molar-refractivity contribution is 5.78. The monoisotopic (exact) mass is 234 g/mol. The van der Waals surface area contributed by atoms with Crippen LogP contribution in [0.1, 0.15) is 30.9 Å². The maximum Gasteiger partial charge on any atom is 0.307 e. The lowest BCUT2D eigenvalue weighted by Crippen LogP contribution is -2.03. The van der Waals surface area contributed by atoms with Gasteiger partial charge >= 0.3 is 5.97 Å². The number of hydrogen-bond acceptors (Lipinski definition) is 2. The van der Waals surface area contributed by atoms with Crippen LogP contribution in [0.2, 0.25) is 0 Å². The van der Waals surface area contributed by atoms with Crippen molar-refractivity contribution in [3.05, 3.63) is 29.3 Å². The van der Waals surface area contributed by atoms with Crippen molar-refractivity contribution in [2.75, 3.05) is 7.11 Å². The summed E-state index contributed by atoms with van der Waals surface area (Å²) in [6, 6.07) is 5.84. The fourth-order valence-corrected chi connectivity index (χ4v) is 2.87. The zero-order valence-corrected chi connectivity index (χ0v) is 10.7. The molecule has 0 aromatic heterocycles. The van der Waals surface area contributed by atoms with Crippen LogP contribution in [0.3, 0.4) is 0 Å². The second-order valence-electron chi connectivity index (χ2n) is 5.29. The molecule has 0 saturated heterocycles. The molecule has 2 atom stereocenters. The smallest absolute Gasteiger partial charge is 0.307 e. The van der Waals surface area contributed by atoms with Crippen molar-refractivity contribution in [2.45, 2.75) is 26.7 Å². The summed E-state index contributed by atoms with van der Waals surface area (Å²) in [4.78, 5) is 11.2. The molecule has 0 heterocycles. The molecule has 3 heteroatoms. The van der Waals surface area contributed by atoms with Crippen molar-refractivity contribution in [3.8, 4) is 5.75 Å². The first kappa shape index (κ1) is 12.0. The number of methoxy groups -OCH3 is 1. The molecule has 1 aliphatic rings. The Morgan fingerprint density at radius 3 is 2.53 bits per heavy atom. The Bertz CT molecular complexity index is 463. The predicted octanol–water partition coefficient (Wildman–Crippen LogP) is 2.83. The fourth-order valence-electron chi connectivity index (χ4n) is 2.87. The summed E-state index contributed by atoms with van der Waals surface area (Å²) in [6.07, 6.45) is 0. The molecule has 0 bridgehead atoms. The van der Waals surface area contributed by atoms with Gasteiger partial charge in [-0.05, 0) is 29.5 Å². The van der Waals surface area contributed by atoms with Gasteiger partial charge in [0.2, 0.25) is 0 Å². The molecule has 0 amide bonds. The van der Waals surface area contributed by atoms with Crippen LogP contribution in [0.25, 0.3) is 0 Å². The number of aliphatic carboxylic acids is 1. The standard InChI is InChI=1S/C14H18O3/c1-8-9(6-5-7-10(8)17-4)11-12(13(15)16)14(11,2)3/h5-7,11-12H,1-4H3,(H,15,16)/t11-,12+/m0/s1. The normalized spacial score (nSPS) is 25.4. The molecule has 1 aliphatic carbocycles. The molecule has 92 valence electrons. The number of rotatable bonds is 3. The predicted molar refractivity (Wildman–Crippen MR) is 65.4 cm³/mol. The summed E-state index contributed by atoms with van der Waals surface area (Å²) in [7, 11) is 1.64. The SMILES string of the molecule is COc1cccc([C@H]2[C@H](C(=O)O)C2(C)C)c1C. The molecule has 2 rings (SSSR count). The number of ether oxygens (including phenoxy) is 1. The Labute approximate surface area is 101 Å². The molecular formula is C14H18O3. The Morgan fingerprint density at radius 2 is 2.06 bits per heavy atom. The van der Waals surface area contributed by atoms with Gasteiger partial charge in [-0.1, -0.05) is 26.0 Å². The summed E-state index contributed by atoms with van der Waals surface area (Å²) >= 11 is 0. The van der Waals surface area contributed by atoms with E-state index in [0.717, 1.165) is 16.9 Å². The molecule has 1 N–H and O–H groups in total. The van der Waals surface area contributed by atoms with E-state index in [1.54, 1.807) is 7.11 Å². The number of carbonyl (C=O) groups is 1. The van der Waals surface area contributed by atoms with Gasteiger partial charge in [0, 0.05) is 5.92 Å². The van der Waals surface area contributed by atoms with E-state index in [-0.39, 0.29) is 17.3 Å². The molecule has 3 nitrogen and oxygen atoms in total. The largest absolute Gasteiger partial charge is 0.496 e. The highest BCUT2D eigenvalue weighted by atomic mass is 16.5. The van der Waals surface area contributed by atoms with E-state index in [4.69, 9.17) is 4.74 Å². The second kappa shape index (κ2) is 3.76. The summed E-state index contributed by atoms with van der Waals surface area (Å²) in [5, 5.41) is 9.21. The Hall–Kier alpha value is -1.51. The van der Waals surface area contributed by atoms with Gasteiger partial charge in [-0.25, -0.2) is 0 Å². The van der Waals surface area contributed by atoms with Gasteiger partial charge in [0.1, 0.15) is 5.75 Å². The third kappa shape index (κ3) is 1.70. The van der Waals surface area contributed by atoms with Gasteiger partial charge in [-0.3, -0.25) is 4.79 Å². The highest BCUT2D eigenvalue weighted by Crippen LogP contribution is 2.65. The van der Waals surface area contributed by atoms with E-state index in [9.17, 15) is 9.90 Å². The maximum absolute atomic E-state index is 11.2. The van der Waals surface area contributed by atoms with Gasteiger partial charge < -0.3 is 9.84 Å². The van der Waals surface area contributed by atoms with Crippen LogP contribution in [0, 0.1) is 18.3 Å². The lowest BCUT2D eigenvalue weighted by molar-refractivity contribution is -0.139. The minimum absolute atomic E-state index is 0.0927. The average molecular weight is 234 g/mol. The van der Waals surface area contributed by atoms with Gasteiger partial charge in [-0.15, -0.1) is 0 Å². The van der Waals surface area contributed by atoms with E-state index < -0.39 is 5.97 Å². The lowest BCUT2D eigenvalue weighted by Gasteiger charge is -2.11. The zero-order valence-electron chi connectivity index (χ0n) is 10.7. The molecule has 0 aliphatic heterocycles. The van der Waals surface area contributed by atoms with Crippen molar-refractivity contribution < 1.29 is 14.6 Å². The van der Waals surface area contributed by atoms with Crippen LogP contribution in [-0.2, 0) is 4.79 Å². The van der Waals surface area contributed by atoms with Crippen LogP contribution in [0.4, 0.5) is 0 Å². The van der Waals surface area contributed by atoms with Gasteiger partial charge in [0.05, 0.1) is 13.0 Å². The topological polar surface area (TPSA) is 46.5 Å². The summed E-state index contributed by atoms with van der Waals surface area (Å²) in [5.74, 6) is -0.0695. The molecule has 0 spiro atoms. The third-order valence-corrected chi connectivity index (χ3v) is 3.97. The summed E-state index contributed by atoms with van der Waals surface area (Å²) in [5.41, 5.74) is 1.99. The van der Waals surface area contributed by atoms with E-state index >= 15 is 0 Å². The minimum atomic E-state index is -0.706. The Balaban J connectivity index is 2.40. The van der Waals surface area contributed by atoms with E-state index in [2.05, 4.69) is 0 Å². The highest BCUT2D eigenvalue weighted by Gasteiger charge is 2.63. The zero-order chi connectivity index (χ0) is 12.8. The van der Waals surface area contributed by atoms with Crippen LogP contribution in [0.15, 0.2) is 18.2 Å². The van der Waals surface area contributed by atoms with E-state index in [0.29, 0.717) is 0 Å². The van der Waals surface area contributed by atoms with Gasteiger partial charge in [0.15, 0.2) is 0 Å². The Morgan fingerprint density at radius 1 is 1.41 bits per heavy atom. The van der Waals surface area contributed by atoms with Crippen molar-refractivity contribution in [3.63, 3.8) is 0 Å².